The van der Waals surface area contributed by atoms with E-state index in [1.54, 1.807) is 18.2 Å². The number of aromatic nitrogens is 1. The molecule has 0 spiro atoms. The molecule has 0 radical (unpaired) electrons. The minimum absolute atomic E-state index is 0.0855. The lowest BCUT2D eigenvalue weighted by atomic mass is 10.1. The molecule has 4 rings (SSSR count). The Bertz CT molecular complexity index is 1250. The summed E-state index contributed by atoms with van der Waals surface area (Å²) in [4.78, 5) is 0. The van der Waals surface area contributed by atoms with E-state index in [0.717, 1.165) is 23.1 Å². The van der Waals surface area contributed by atoms with Gasteiger partial charge in [-0.2, -0.15) is 0 Å². The molecule has 0 saturated heterocycles. The highest BCUT2D eigenvalue weighted by molar-refractivity contribution is 6.10. The Hall–Kier alpha value is -2.89. The van der Waals surface area contributed by atoms with Gasteiger partial charge in [0.15, 0.2) is 23.3 Å². The van der Waals surface area contributed by atoms with Crippen molar-refractivity contribution in [3.63, 3.8) is 0 Å². The van der Waals surface area contributed by atoms with Crippen LogP contribution in [0.2, 0.25) is 0 Å². The van der Waals surface area contributed by atoms with Gasteiger partial charge in [0.1, 0.15) is 5.82 Å². The van der Waals surface area contributed by atoms with Crippen molar-refractivity contribution < 1.29 is 22.0 Å². The number of rotatable bonds is 1. The molecular weight excluding hydrogens is 361 g/mol. The van der Waals surface area contributed by atoms with Crippen molar-refractivity contribution in [3.05, 3.63) is 76.1 Å². The number of nitrogens with zero attached hydrogens (tertiary/aromatic N) is 1. The fourth-order valence-electron chi connectivity index (χ4n) is 3.43. The standard InChI is InChI=1S/C21H14F5N/c1-9-4-5-15-12(6-9)13-7-10(2)17(23)20(26)21(13)27(15)16-8-14(22)11(3)18(24)19(16)25/h4-8H,1-3H3. The van der Waals surface area contributed by atoms with E-state index >= 15 is 0 Å². The first kappa shape index (κ1) is 17.5. The second-order valence-electron chi connectivity index (χ2n) is 6.70. The largest absolute Gasteiger partial charge is 0.303 e. The Kier molecular flexibility index (Phi) is 3.77. The molecule has 6 heteroatoms. The molecular formula is C21H14F5N. The zero-order valence-electron chi connectivity index (χ0n) is 14.7. The van der Waals surface area contributed by atoms with Gasteiger partial charge in [0.2, 0.25) is 0 Å². The Balaban J connectivity index is 2.29. The number of fused-ring (bicyclic) bond motifs is 3. The lowest BCUT2D eigenvalue weighted by Crippen LogP contribution is -2.05. The smallest absolute Gasteiger partial charge is 0.183 e. The molecule has 0 unspecified atom stereocenters. The van der Waals surface area contributed by atoms with Crippen molar-refractivity contribution in [2.24, 2.45) is 0 Å². The Morgan fingerprint density at radius 3 is 2.11 bits per heavy atom. The van der Waals surface area contributed by atoms with Crippen LogP contribution in [0.4, 0.5) is 22.0 Å². The molecule has 0 aliphatic carbocycles. The topological polar surface area (TPSA) is 4.93 Å². The zero-order chi connectivity index (χ0) is 19.6. The maximum absolute atomic E-state index is 14.9. The van der Waals surface area contributed by atoms with E-state index in [1.165, 1.54) is 13.0 Å². The summed E-state index contributed by atoms with van der Waals surface area (Å²) in [5.74, 6) is -5.94. The summed E-state index contributed by atoms with van der Waals surface area (Å²) in [6, 6.07) is 7.28. The van der Waals surface area contributed by atoms with Crippen molar-refractivity contribution in [1.82, 2.24) is 4.57 Å². The van der Waals surface area contributed by atoms with E-state index in [2.05, 4.69) is 0 Å². The van der Waals surface area contributed by atoms with Gasteiger partial charge in [-0.1, -0.05) is 11.6 Å². The summed E-state index contributed by atoms with van der Waals surface area (Å²) in [7, 11) is 0. The molecule has 27 heavy (non-hydrogen) atoms. The third-order valence-corrected chi connectivity index (χ3v) is 4.88. The number of aryl methyl sites for hydroxylation is 2. The van der Waals surface area contributed by atoms with E-state index in [4.69, 9.17) is 0 Å². The molecule has 0 atom stereocenters. The molecule has 0 aliphatic rings. The van der Waals surface area contributed by atoms with Crippen LogP contribution in [-0.4, -0.2) is 4.57 Å². The minimum atomic E-state index is -1.36. The molecule has 0 N–H and O–H groups in total. The third kappa shape index (κ3) is 2.36. The van der Waals surface area contributed by atoms with Gasteiger partial charge in [-0.15, -0.1) is 0 Å². The average Bonchev–Trinajstić information content (AvgIpc) is 2.94. The molecule has 0 saturated carbocycles. The normalized spacial score (nSPS) is 11.7. The summed E-state index contributed by atoms with van der Waals surface area (Å²) in [5.41, 5.74) is 0.00578. The van der Waals surface area contributed by atoms with Crippen LogP contribution in [0.5, 0.6) is 0 Å². The van der Waals surface area contributed by atoms with Crippen LogP contribution in [0, 0.1) is 49.9 Å². The van der Waals surface area contributed by atoms with Gasteiger partial charge >= 0.3 is 0 Å². The molecule has 0 amide bonds. The van der Waals surface area contributed by atoms with Gasteiger partial charge in [-0.05, 0) is 44.5 Å². The second-order valence-corrected chi connectivity index (χ2v) is 6.70. The first-order valence-corrected chi connectivity index (χ1v) is 8.26. The van der Waals surface area contributed by atoms with Gasteiger partial charge in [-0.25, -0.2) is 22.0 Å². The number of hydrogen-bond acceptors (Lipinski definition) is 0. The number of halogens is 5. The van der Waals surface area contributed by atoms with E-state index < -0.39 is 40.3 Å². The fourth-order valence-corrected chi connectivity index (χ4v) is 3.43. The van der Waals surface area contributed by atoms with Gasteiger partial charge in [0.25, 0.3) is 0 Å². The fraction of sp³-hybridized carbons (Fsp3) is 0.143. The SMILES string of the molecule is Cc1ccc2c(c1)c1cc(C)c(F)c(F)c1n2-c1cc(F)c(C)c(F)c1F. The van der Waals surface area contributed by atoms with Crippen LogP contribution in [0.3, 0.4) is 0 Å². The molecule has 0 fully saturated rings. The number of hydrogen-bond donors (Lipinski definition) is 0. The van der Waals surface area contributed by atoms with Gasteiger partial charge < -0.3 is 4.57 Å². The highest BCUT2D eigenvalue weighted by Crippen LogP contribution is 2.37. The van der Waals surface area contributed by atoms with Crippen LogP contribution in [0.1, 0.15) is 16.7 Å². The molecule has 138 valence electrons. The van der Waals surface area contributed by atoms with Crippen molar-refractivity contribution in [1.29, 1.82) is 0 Å². The highest BCUT2D eigenvalue weighted by Gasteiger charge is 2.24. The number of benzene rings is 3. The van der Waals surface area contributed by atoms with E-state index in [1.807, 2.05) is 6.92 Å². The van der Waals surface area contributed by atoms with Crippen molar-refractivity contribution in [2.45, 2.75) is 20.8 Å². The predicted molar refractivity (Wildman–Crippen MR) is 94.8 cm³/mol. The quantitative estimate of drug-likeness (QED) is 0.268. The van der Waals surface area contributed by atoms with Crippen LogP contribution < -0.4 is 0 Å². The zero-order valence-corrected chi connectivity index (χ0v) is 14.7. The summed E-state index contributed by atoms with van der Waals surface area (Å²) < 4.78 is 73.1. The lowest BCUT2D eigenvalue weighted by molar-refractivity contribution is 0.482. The molecule has 1 heterocycles. The Morgan fingerprint density at radius 1 is 0.704 bits per heavy atom. The van der Waals surface area contributed by atoms with E-state index in [0.29, 0.717) is 16.3 Å². The molecule has 4 aromatic rings. The van der Waals surface area contributed by atoms with E-state index in [-0.39, 0.29) is 11.1 Å². The summed E-state index contributed by atoms with van der Waals surface area (Å²) in [6.45, 7) is 4.35. The second kappa shape index (κ2) is 5.81. The Labute approximate surface area is 151 Å². The van der Waals surface area contributed by atoms with E-state index in [9.17, 15) is 22.0 Å². The molecule has 0 bridgehead atoms. The summed E-state index contributed by atoms with van der Waals surface area (Å²) in [5, 5.41) is 0.874. The minimum Gasteiger partial charge on any atom is -0.303 e. The third-order valence-electron chi connectivity index (χ3n) is 4.88. The molecule has 3 aromatic carbocycles. The van der Waals surface area contributed by atoms with Gasteiger partial charge in [0, 0.05) is 22.4 Å². The maximum atomic E-state index is 14.9. The summed E-state index contributed by atoms with van der Waals surface area (Å²) >= 11 is 0. The first-order valence-electron chi connectivity index (χ1n) is 8.26. The predicted octanol–water partition coefficient (Wildman–Crippen LogP) is 6.40. The molecule has 1 aromatic heterocycles. The van der Waals surface area contributed by atoms with Crippen molar-refractivity contribution in [3.8, 4) is 5.69 Å². The summed E-state index contributed by atoms with van der Waals surface area (Å²) in [6.07, 6.45) is 0. The molecule has 1 nitrogen and oxygen atoms in total. The highest BCUT2D eigenvalue weighted by atomic mass is 19.2. The van der Waals surface area contributed by atoms with Crippen LogP contribution in [-0.2, 0) is 0 Å². The van der Waals surface area contributed by atoms with Crippen LogP contribution in [0.15, 0.2) is 30.3 Å². The van der Waals surface area contributed by atoms with Gasteiger partial charge in [0.05, 0.1) is 16.7 Å². The van der Waals surface area contributed by atoms with Crippen molar-refractivity contribution in [2.75, 3.05) is 0 Å². The van der Waals surface area contributed by atoms with Crippen LogP contribution in [0.25, 0.3) is 27.5 Å². The first-order chi connectivity index (χ1) is 12.7. The van der Waals surface area contributed by atoms with Crippen LogP contribution >= 0.6 is 0 Å². The average molecular weight is 375 g/mol. The lowest BCUT2D eigenvalue weighted by Gasteiger charge is -2.12. The van der Waals surface area contributed by atoms with Gasteiger partial charge in [-0.3, -0.25) is 0 Å². The Morgan fingerprint density at radius 2 is 1.41 bits per heavy atom. The van der Waals surface area contributed by atoms with Crippen molar-refractivity contribution >= 4 is 21.8 Å². The maximum Gasteiger partial charge on any atom is 0.183 e. The monoisotopic (exact) mass is 375 g/mol. The molecule has 0 aliphatic heterocycles.